The molecule has 0 bridgehead atoms. The standard InChI is InChI=1S/C26H34ClF2N7O2/c1-13-4-7-17(12-21(13)37)33-25(31-3)35-24-14(2)32-26(34-22-19(28)10-16(27)11-20(22)29)36(24)18-8-5-15(6-9-18)23(30)38/h10-11,13,15,17-18,21,37H,3-9,12H2,1-2H3,(H2,30,38)(H,32,34)(H,33,35)/t13-,15?,17-,18?,21-/m1/s1. The minimum atomic E-state index is -0.853. The average molecular weight is 550 g/mol. The molecule has 1 heterocycles. The van der Waals surface area contributed by atoms with Crippen molar-refractivity contribution in [2.24, 2.45) is 27.6 Å². The molecule has 0 saturated heterocycles. The van der Waals surface area contributed by atoms with Crippen molar-refractivity contribution in [1.29, 1.82) is 0 Å². The molecule has 2 aliphatic rings. The molecule has 1 aromatic heterocycles. The third-order valence-electron chi connectivity index (χ3n) is 7.60. The number of nitrogens with one attached hydrogen (secondary N) is 2. The van der Waals surface area contributed by atoms with E-state index in [9.17, 15) is 18.7 Å². The number of nitrogens with zero attached hydrogens (tertiary/aromatic N) is 4. The number of carbonyl (C=O) groups excluding carboxylic acids is 1. The molecule has 2 aliphatic carbocycles. The summed E-state index contributed by atoms with van der Waals surface area (Å²) in [5.74, 6) is -1.01. The number of rotatable bonds is 6. The fraction of sp³-hybridized carbons (Fsp3) is 0.538. The molecular weight excluding hydrogens is 516 g/mol. The molecule has 0 spiro atoms. The number of aromatic nitrogens is 2. The highest BCUT2D eigenvalue weighted by Gasteiger charge is 2.31. The molecule has 2 fully saturated rings. The number of aliphatic imine (C=N–C) groups is 2. The number of halogens is 3. The molecule has 2 saturated carbocycles. The van der Waals surface area contributed by atoms with Crippen molar-refractivity contribution < 1.29 is 18.7 Å². The van der Waals surface area contributed by atoms with Crippen LogP contribution in [0.1, 0.15) is 63.6 Å². The molecule has 5 N–H and O–H groups in total. The van der Waals surface area contributed by atoms with E-state index >= 15 is 0 Å². The molecule has 12 heteroatoms. The Hall–Kier alpha value is -3.05. The minimum absolute atomic E-state index is 0.0580. The van der Waals surface area contributed by atoms with Crippen molar-refractivity contribution >= 4 is 47.6 Å². The number of amides is 1. The molecule has 0 aliphatic heterocycles. The summed E-state index contributed by atoms with van der Waals surface area (Å²) in [5.41, 5.74) is 5.70. The van der Waals surface area contributed by atoms with Gasteiger partial charge in [0.05, 0.1) is 17.8 Å². The second-order valence-electron chi connectivity index (χ2n) is 10.3. The molecule has 1 amide bonds. The van der Waals surface area contributed by atoms with Crippen molar-refractivity contribution in [2.75, 3.05) is 10.6 Å². The van der Waals surface area contributed by atoms with Crippen LogP contribution >= 0.6 is 11.6 Å². The quantitative estimate of drug-likeness (QED) is 0.294. The SMILES string of the molecule is C=NC(=N[C@@H]1CC[C@@H](C)[C@H](O)C1)Nc1c(C)nc(Nc2c(F)cc(Cl)cc2F)n1C1CCC(C(N)=O)CC1. The number of benzene rings is 1. The first-order valence-corrected chi connectivity index (χ1v) is 13.2. The first-order chi connectivity index (χ1) is 18.1. The number of nitrogens with two attached hydrogens (primary N) is 1. The van der Waals surface area contributed by atoms with Gasteiger partial charge in [-0.05, 0) is 76.6 Å². The zero-order valence-corrected chi connectivity index (χ0v) is 22.3. The molecule has 1 aromatic carbocycles. The van der Waals surface area contributed by atoms with E-state index in [-0.39, 0.29) is 52.4 Å². The van der Waals surface area contributed by atoms with Gasteiger partial charge in [-0.25, -0.2) is 23.7 Å². The van der Waals surface area contributed by atoms with Crippen LogP contribution < -0.4 is 16.4 Å². The topological polar surface area (TPSA) is 130 Å². The van der Waals surface area contributed by atoms with Crippen LogP contribution in [0.2, 0.25) is 5.02 Å². The van der Waals surface area contributed by atoms with Crippen molar-refractivity contribution in [3.8, 4) is 0 Å². The Morgan fingerprint density at radius 1 is 1.21 bits per heavy atom. The maximum absolute atomic E-state index is 14.6. The van der Waals surface area contributed by atoms with Gasteiger partial charge in [0.25, 0.3) is 0 Å². The maximum atomic E-state index is 14.6. The van der Waals surface area contributed by atoms with Gasteiger partial charge >= 0.3 is 0 Å². The largest absolute Gasteiger partial charge is 0.393 e. The highest BCUT2D eigenvalue weighted by atomic mass is 35.5. The number of carbonyl (C=O) groups is 1. The molecule has 4 rings (SSSR count). The summed E-state index contributed by atoms with van der Waals surface area (Å²) >= 11 is 5.80. The Kier molecular flexibility index (Phi) is 8.67. The van der Waals surface area contributed by atoms with Crippen LogP contribution in [0.15, 0.2) is 22.1 Å². The molecule has 2 aromatic rings. The summed E-state index contributed by atoms with van der Waals surface area (Å²) < 4.78 is 31.1. The Morgan fingerprint density at radius 3 is 2.45 bits per heavy atom. The van der Waals surface area contributed by atoms with Crippen LogP contribution in [0.4, 0.5) is 26.2 Å². The number of anilines is 3. The van der Waals surface area contributed by atoms with E-state index in [2.05, 4.69) is 32.3 Å². The van der Waals surface area contributed by atoms with Crippen LogP contribution in [0.5, 0.6) is 0 Å². The normalized spacial score (nSPS) is 26.2. The van der Waals surface area contributed by atoms with Gasteiger partial charge in [0, 0.05) is 17.0 Å². The maximum Gasteiger partial charge on any atom is 0.223 e. The summed E-state index contributed by atoms with van der Waals surface area (Å²) in [6.07, 6.45) is 4.15. The van der Waals surface area contributed by atoms with E-state index < -0.39 is 17.7 Å². The van der Waals surface area contributed by atoms with Gasteiger partial charge in [0.1, 0.15) is 11.5 Å². The van der Waals surface area contributed by atoms with Crippen molar-refractivity contribution in [1.82, 2.24) is 9.55 Å². The van der Waals surface area contributed by atoms with Gasteiger partial charge in [-0.2, -0.15) is 0 Å². The predicted molar refractivity (Wildman–Crippen MR) is 145 cm³/mol. The number of hydrogen-bond donors (Lipinski definition) is 4. The molecule has 3 atom stereocenters. The number of aryl methyl sites for hydroxylation is 1. The lowest BCUT2D eigenvalue weighted by molar-refractivity contribution is -0.122. The smallest absolute Gasteiger partial charge is 0.223 e. The van der Waals surface area contributed by atoms with Crippen molar-refractivity contribution in [3.63, 3.8) is 0 Å². The average Bonchev–Trinajstić information content (AvgIpc) is 3.17. The molecule has 0 unspecified atom stereocenters. The number of imidazole rings is 1. The lowest BCUT2D eigenvalue weighted by atomic mass is 9.85. The summed E-state index contributed by atoms with van der Waals surface area (Å²) in [5, 5.41) is 16.2. The number of hydrogen-bond acceptors (Lipinski definition) is 5. The first-order valence-electron chi connectivity index (χ1n) is 12.9. The van der Waals surface area contributed by atoms with Crippen LogP contribution in [0.3, 0.4) is 0 Å². The number of guanidine groups is 1. The Bertz CT molecular complexity index is 1200. The van der Waals surface area contributed by atoms with Gasteiger partial charge in [0.15, 0.2) is 11.6 Å². The third-order valence-corrected chi connectivity index (χ3v) is 7.82. The Labute approximate surface area is 225 Å². The predicted octanol–water partition coefficient (Wildman–Crippen LogP) is 5.10. The summed E-state index contributed by atoms with van der Waals surface area (Å²) in [7, 11) is 0. The zero-order chi connectivity index (χ0) is 27.6. The van der Waals surface area contributed by atoms with E-state index in [1.807, 2.05) is 11.5 Å². The van der Waals surface area contributed by atoms with Crippen LogP contribution in [-0.2, 0) is 4.79 Å². The summed E-state index contributed by atoms with van der Waals surface area (Å²) in [4.78, 5) is 25.0. The zero-order valence-electron chi connectivity index (χ0n) is 21.6. The highest BCUT2D eigenvalue weighted by Crippen LogP contribution is 2.39. The van der Waals surface area contributed by atoms with Crippen LogP contribution in [0.25, 0.3) is 0 Å². The molecule has 206 valence electrons. The molecule has 0 radical (unpaired) electrons. The lowest BCUT2D eigenvalue weighted by Gasteiger charge is -2.30. The van der Waals surface area contributed by atoms with E-state index in [0.717, 1.165) is 25.0 Å². The molecule has 38 heavy (non-hydrogen) atoms. The monoisotopic (exact) mass is 549 g/mol. The summed E-state index contributed by atoms with van der Waals surface area (Å²) in [6.45, 7) is 7.43. The van der Waals surface area contributed by atoms with E-state index in [1.54, 1.807) is 6.92 Å². The first kappa shape index (κ1) is 28.0. The molecule has 9 nitrogen and oxygen atoms in total. The van der Waals surface area contributed by atoms with Gasteiger partial charge in [-0.15, -0.1) is 0 Å². The number of primary amides is 1. The summed E-state index contributed by atoms with van der Waals surface area (Å²) in [6, 6.07) is 1.79. The second kappa shape index (κ2) is 11.8. The van der Waals surface area contributed by atoms with Gasteiger partial charge < -0.3 is 21.5 Å². The second-order valence-corrected chi connectivity index (χ2v) is 10.7. The lowest BCUT2D eigenvalue weighted by Crippen LogP contribution is -2.31. The van der Waals surface area contributed by atoms with Crippen LogP contribution in [-0.4, -0.2) is 45.4 Å². The van der Waals surface area contributed by atoms with Crippen molar-refractivity contribution in [3.05, 3.63) is 34.5 Å². The van der Waals surface area contributed by atoms with Crippen molar-refractivity contribution in [2.45, 2.75) is 77.0 Å². The third kappa shape index (κ3) is 6.15. The van der Waals surface area contributed by atoms with Gasteiger partial charge in [-0.1, -0.05) is 18.5 Å². The van der Waals surface area contributed by atoms with Gasteiger partial charge in [0.2, 0.25) is 17.8 Å². The van der Waals surface area contributed by atoms with E-state index in [0.29, 0.717) is 43.6 Å². The van der Waals surface area contributed by atoms with E-state index in [1.165, 1.54) is 0 Å². The van der Waals surface area contributed by atoms with Gasteiger partial charge in [-0.3, -0.25) is 9.36 Å². The van der Waals surface area contributed by atoms with E-state index in [4.69, 9.17) is 17.3 Å². The highest BCUT2D eigenvalue weighted by molar-refractivity contribution is 6.30. The Balaban J connectivity index is 1.69. The number of aliphatic hydroxyl groups is 1. The minimum Gasteiger partial charge on any atom is -0.393 e. The fourth-order valence-electron chi connectivity index (χ4n) is 5.32. The molecular formula is C26H34ClF2N7O2. The fourth-order valence-corrected chi connectivity index (χ4v) is 5.51. The number of aliphatic hydroxyl groups excluding tert-OH is 1. The Morgan fingerprint density at radius 2 is 1.87 bits per heavy atom. The van der Waals surface area contributed by atoms with Crippen LogP contribution in [0, 0.1) is 30.4 Å².